The number of esters is 1. The molecule has 6 heterocycles. The highest BCUT2D eigenvalue weighted by atomic mass is 19.4. The lowest BCUT2D eigenvalue weighted by atomic mass is 9.78. The van der Waals surface area contributed by atoms with Crippen LogP contribution in [-0.2, 0) is 54.7 Å². The molecule has 0 unspecified atom stereocenters. The molecule has 79 heavy (non-hydrogen) atoms. The number of likely N-dealkylation sites (N-methyl/N-ethyl adjacent to an activating group) is 2. The SMILES string of the molecule is CO[C@@H](C)c1ncccc1-c1c2c3cc(ccc3n1CC(F)(F)F)-c1cc(CF)cc(c1)C[C@H](NC(=O)[C@H](C(C)C)N(C)C(=O)N1CCC3(CCN(C(=O)/C=C/CN(C)C)C3)CC1)C(=O)N1CCC[C@H](N1)C(=O)OCC(C)(C)C2. The maximum absolute atomic E-state index is 15.1. The highest BCUT2D eigenvalue weighted by molar-refractivity contribution is 5.96. The molecule has 2 aromatic heterocycles. The van der Waals surface area contributed by atoms with Gasteiger partial charge in [-0.25, -0.2) is 14.6 Å². The number of carbonyl (C=O) groups is 5. The molecule has 4 aliphatic heterocycles. The average Bonchev–Trinajstić information content (AvgIpc) is 4.21. The number of hydrogen-bond donors (Lipinski definition) is 2. The van der Waals surface area contributed by atoms with Gasteiger partial charge < -0.3 is 39.0 Å². The van der Waals surface area contributed by atoms with Gasteiger partial charge in [0.15, 0.2) is 0 Å². The molecule has 2 N–H and O–H groups in total. The van der Waals surface area contributed by atoms with Crippen LogP contribution in [0.4, 0.5) is 22.4 Å². The summed E-state index contributed by atoms with van der Waals surface area (Å²) in [4.78, 5) is 82.8. The van der Waals surface area contributed by atoms with Gasteiger partial charge in [-0.15, -0.1) is 0 Å². The monoisotopic (exact) mass is 1100 g/mol. The first-order chi connectivity index (χ1) is 37.4. The number of benzene rings is 2. The fourth-order valence-corrected chi connectivity index (χ4v) is 11.9. The molecule has 20 heteroatoms. The highest BCUT2D eigenvalue weighted by Gasteiger charge is 2.45. The number of halogens is 4. The number of amides is 5. The van der Waals surface area contributed by atoms with Gasteiger partial charge in [0.2, 0.25) is 11.8 Å². The fourth-order valence-electron chi connectivity index (χ4n) is 11.9. The number of aromatic nitrogens is 2. The maximum Gasteiger partial charge on any atom is 0.406 e. The molecule has 4 aliphatic rings. The Hall–Kier alpha value is -6.38. The molecule has 1 spiro atoms. The third kappa shape index (κ3) is 13.5. The number of cyclic esters (lactones) is 1. The largest absolute Gasteiger partial charge is 0.464 e. The summed E-state index contributed by atoms with van der Waals surface area (Å²) in [5, 5.41) is 4.80. The van der Waals surface area contributed by atoms with Gasteiger partial charge in [-0.1, -0.05) is 52.0 Å². The van der Waals surface area contributed by atoms with Crippen molar-refractivity contribution < 1.29 is 51.0 Å². The number of nitrogens with one attached hydrogen (secondary N) is 2. The maximum atomic E-state index is 15.1. The quantitative estimate of drug-likeness (QED) is 0.0803. The van der Waals surface area contributed by atoms with Gasteiger partial charge in [-0.3, -0.25) is 29.2 Å². The van der Waals surface area contributed by atoms with Crippen molar-refractivity contribution in [2.75, 3.05) is 74.1 Å². The Morgan fingerprint density at radius 3 is 2.37 bits per heavy atom. The summed E-state index contributed by atoms with van der Waals surface area (Å²) in [5.41, 5.74) is 5.95. The molecule has 428 valence electrons. The number of hydrogen-bond acceptors (Lipinski definition) is 10. The summed E-state index contributed by atoms with van der Waals surface area (Å²) < 4.78 is 72.5. The van der Waals surface area contributed by atoms with E-state index in [0.29, 0.717) is 103 Å². The van der Waals surface area contributed by atoms with E-state index in [2.05, 4.69) is 15.7 Å². The zero-order valence-electron chi connectivity index (χ0n) is 47.1. The molecule has 8 rings (SSSR count). The number of piperidine rings is 1. The Morgan fingerprint density at radius 2 is 1.70 bits per heavy atom. The molecule has 4 atom stereocenters. The first-order valence-corrected chi connectivity index (χ1v) is 27.5. The third-order valence-electron chi connectivity index (χ3n) is 16.1. The second-order valence-corrected chi connectivity index (χ2v) is 23.5. The van der Waals surface area contributed by atoms with Gasteiger partial charge >= 0.3 is 18.2 Å². The number of pyridine rings is 1. The second kappa shape index (κ2) is 24.1. The highest BCUT2D eigenvalue weighted by Crippen LogP contribution is 2.44. The van der Waals surface area contributed by atoms with Crippen molar-refractivity contribution in [3.05, 3.63) is 89.3 Å². The average molecular weight is 1100 g/mol. The van der Waals surface area contributed by atoms with Gasteiger partial charge in [0.25, 0.3) is 5.91 Å². The van der Waals surface area contributed by atoms with Crippen LogP contribution in [-0.4, -0.2) is 162 Å². The molecule has 3 fully saturated rings. The van der Waals surface area contributed by atoms with Crippen molar-refractivity contribution in [1.82, 2.24) is 44.9 Å². The molecular weight excluding hydrogens is 1020 g/mol. The minimum absolute atomic E-state index is 0.0197. The molecule has 6 bridgehead atoms. The van der Waals surface area contributed by atoms with Gasteiger partial charge in [-0.05, 0) is 129 Å². The number of fused-ring (bicyclic) bond motifs is 6. The molecule has 2 aromatic carbocycles. The van der Waals surface area contributed by atoms with Crippen molar-refractivity contribution in [2.45, 2.75) is 123 Å². The van der Waals surface area contributed by atoms with Crippen molar-refractivity contribution in [3.63, 3.8) is 0 Å². The molecule has 16 nitrogen and oxygen atoms in total. The number of carbonyl (C=O) groups excluding carboxylic acids is 5. The molecule has 4 aromatic rings. The molecule has 0 radical (unpaired) electrons. The summed E-state index contributed by atoms with van der Waals surface area (Å²) >= 11 is 0. The Kier molecular flexibility index (Phi) is 18.0. The zero-order valence-corrected chi connectivity index (χ0v) is 47.1. The van der Waals surface area contributed by atoms with E-state index < -0.39 is 72.7 Å². The van der Waals surface area contributed by atoms with Crippen LogP contribution in [0.25, 0.3) is 33.3 Å². The Bertz CT molecular complexity index is 2930. The molecule has 3 saturated heterocycles. The first kappa shape index (κ1) is 58.8. The second-order valence-electron chi connectivity index (χ2n) is 23.5. The van der Waals surface area contributed by atoms with E-state index in [0.717, 1.165) is 6.42 Å². The number of urea groups is 1. The van der Waals surface area contributed by atoms with Crippen molar-refractivity contribution in [1.29, 1.82) is 0 Å². The topological polar surface area (TPSA) is 162 Å². The van der Waals surface area contributed by atoms with Crippen LogP contribution in [0.2, 0.25) is 0 Å². The summed E-state index contributed by atoms with van der Waals surface area (Å²) in [7, 11) is 6.96. The van der Waals surface area contributed by atoms with Crippen LogP contribution in [0, 0.1) is 16.7 Å². The molecule has 0 saturated carbocycles. The van der Waals surface area contributed by atoms with Crippen LogP contribution < -0.4 is 10.7 Å². The van der Waals surface area contributed by atoms with Gasteiger partial charge in [-0.2, -0.15) is 13.2 Å². The lowest BCUT2D eigenvalue weighted by molar-refractivity contribution is -0.155. The van der Waals surface area contributed by atoms with E-state index in [-0.39, 0.29) is 54.6 Å². The van der Waals surface area contributed by atoms with E-state index in [1.54, 1.807) is 79.7 Å². The smallest absolute Gasteiger partial charge is 0.406 e. The van der Waals surface area contributed by atoms with Gasteiger partial charge in [0, 0.05) is 94.0 Å². The van der Waals surface area contributed by atoms with E-state index >= 15 is 4.39 Å². The number of rotatable bonds is 12. The molecule has 0 aliphatic carbocycles. The lowest BCUT2D eigenvalue weighted by Gasteiger charge is -2.42. The fraction of sp³-hybridized carbons (Fsp3) is 0.559. The van der Waals surface area contributed by atoms with Gasteiger partial charge in [0.1, 0.15) is 31.3 Å². The van der Waals surface area contributed by atoms with E-state index in [4.69, 9.17) is 9.47 Å². The molecular formula is C59H77F4N9O7. The standard InChI is InChI=1S/C59H77F4N9O7/c1-37(2)51(68(8)56(77)69-24-18-58(19-25-69)20-26-70(34-58)49(73)15-12-22-67(6)7)53(74)65-47-30-39-27-40(33-60)29-42(28-39)41-16-17-48-44(31-41)45(32-57(4,5)36-79-55(76)46-14-11-23-72(66-46)54(47)75)52(71(48)35-59(61,62)63)43-13-10-21-64-50(43)38(3)78-9/h10,12-13,15-17,21,27-29,31,37-38,46-47,51,66H,11,14,18-20,22-26,30,32-36H2,1-9H3,(H,65,74)/b15-12+/t38-,46-,47-,51-/m0/s1. The van der Waals surface area contributed by atoms with E-state index in [1.165, 1.54) is 21.6 Å². The number of likely N-dealkylation sites (tertiary alicyclic amines) is 2. The lowest BCUT2D eigenvalue weighted by Crippen LogP contribution is -2.62. The van der Waals surface area contributed by atoms with Crippen molar-refractivity contribution in [3.8, 4) is 22.4 Å². The van der Waals surface area contributed by atoms with Crippen LogP contribution in [0.15, 0.2) is 66.9 Å². The van der Waals surface area contributed by atoms with Gasteiger partial charge in [0.05, 0.1) is 24.1 Å². The van der Waals surface area contributed by atoms with Crippen LogP contribution in [0.1, 0.15) is 95.2 Å². The Morgan fingerprint density at radius 1 is 0.975 bits per heavy atom. The molecule has 5 amide bonds. The minimum atomic E-state index is -4.64. The van der Waals surface area contributed by atoms with E-state index in [1.807, 2.05) is 57.7 Å². The predicted molar refractivity (Wildman–Crippen MR) is 293 cm³/mol. The van der Waals surface area contributed by atoms with Crippen molar-refractivity contribution in [2.24, 2.45) is 16.7 Å². The summed E-state index contributed by atoms with van der Waals surface area (Å²) in [6.07, 6.45) is 2.82. The van der Waals surface area contributed by atoms with Crippen LogP contribution >= 0.6 is 0 Å². The first-order valence-electron chi connectivity index (χ1n) is 27.5. The normalized spacial score (nSPS) is 20.7. The Balaban J connectivity index is 1.13. The van der Waals surface area contributed by atoms with E-state index in [9.17, 15) is 37.1 Å². The van der Waals surface area contributed by atoms with Crippen LogP contribution in [0.5, 0.6) is 0 Å². The summed E-state index contributed by atoms with van der Waals surface area (Å²) in [6.45, 7) is 9.81. The minimum Gasteiger partial charge on any atom is -0.464 e. The predicted octanol–water partition coefficient (Wildman–Crippen LogP) is 8.27. The summed E-state index contributed by atoms with van der Waals surface area (Å²) in [5.74, 6) is -2.21. The number of alkyl halides is 4. The van der Waals surface area contributed by atoms with Crippen LogP contribution in [0.3, 0.4) is 0 Å². The number of hydrazine groups is 1. The number of methoxy groups -OCH3 is 1. The number of ether oxygens (including phenoxy) is 2. The summed E-state index contributed by atoms with van der Waals surface area (Å²) in [6, 6.07) is 9.97. The van der Waals surface area contributed by atoms with Crippen molar-refractivity contribution >= 4 is 40.6 Å². The third-order valence-corrected chi connectivity index (χ3v) is 16.1. The zero-order chi connectivity index (χ0) is 57.1. The Labute approximate surface area is 460 Å². The number of nitrogens with zero attached hydrogens (tertiary/aromatic N) is 7.